The van der Waals surface area contributed by atoms with Gasteiger partial charge in [0.1, 0.15) is 0 Å². The molecule has 2 unspecified atom stereocenters. The van der Waals surface area contributed by atoms with E-state index in [0.29, 0.717) is 0 Å². The van der Waals surface area contributed by atoms with Crippen molar-refractivity contribution in [1.29, 1.82) is 0 Å². The minimum absolute atomic E-state index is 0.0378. The van der Waals surface area contributed by atoms with Gasteiger partial charge in [-0.3, -0.25) is 10.1 Å². The van der Waals surface area contributed by atoms with Gasteiger partial charge in [0.2, 0.25) is 5.91 Å². The summed E-state index contributed by atoms with van der Waals surface area (Å²) in [5, 5.41) is 6.40. The molecule has 0 fully saturated rings. The average molecular weight is 290 g/mol. The van der Waals surface area contributed by atoms with Gasteiger partial charge < -0.3 is 5.32 Å². The van der Waals surface area contributed by atoms with E-state index in [1.54, 1.807) is 0 Å². The zero-order chi connectivity index (χ0) is 16.4. The summed E-state index contributed by atoms with van der Waals surface area (Å²) in [6, 6.07) is 4.35. The van der Waals surface area contributed by atoms with Gasteiger partial charge in [0.25, 0.3) is 0 Å². The predicted molar refractivity (Wildman–Crippen MR) is 89.6 cm³/mol. The first-order valence-electron chi connectivity index (χ1n) is 7.67. The van der Waals surface area contributed by atoms with E-state index in [1.165, 1.54) is 22.3 Å². The molecule has 1 rings (SSSR count). The average Bonchev–Trinajstić information content (AvgIpc) is 2.31. The largest absolute Gasteiger partial charge is 0.350 e. The Balaban J connectivity index is 2.79. The van der Waals surface area contributed by atoms with Crippen LogP contribution in [0.2, 0.25) is 0 Å². The SMILES string of the molecule is Cc1cc(C)c(C(C)NC(C)C(=O)NC(C)(C)C)cc1C. The highest BCUT2D eigenvalue weighted by molar-refractivity contribution is 5.82. The van der Waals surface area contributed by atoms with E-state index in [-0.39, 0.29) is 23.5 Å². The van der Waals surface area contributed by atoms with Gasteiger partial charge in [-0.1, -0.05) is 12.1 Å². The van der Waals surface area contributed by atoms with Crippen LogP contribution in [0.3, 0.4) is 0 Å². The van der Waals surface area contributed by atoms with Crippen molar-refractivity contribution in [3.63, 3.8) is 0 Å². The summed E-state index contributed by atoms with van der Waals surface area (Å²) in [5.41, 5.74) is 4.92. The van der Waals surface area contributed by atoms with Crippen LogP contribution in [-0.2, 0) is 4.79 Å². The Morgan fingerprint density at radius 2 is 1.52 bits per heavy atom. The quantitative estimate of drug-likeness (QED) is 0.890. The fourth-order valence-electron chi connectivity index (χ4n) is 2.47. The Labute approximate surface area is 129 Å². The van der Waals surface area contributed by atoms with E-state index in [1.807, 2.05) is 27.7 Å². The molecule has 2 N–H and O–H groups in total. The maximum Gasteiger partial charge on any atom is 0.237 e. The first-order chi connectivity index (χ1) is 9.51. The second-order valence-corrected chi connectivity index (χ2v) is 7.14. The Bertz CT molecular complexity index is 515. The van der Waals surface area contributed by atoms with Gasteiger partial charge in [0.05, 0.1) is 6.04 Å². The summed E-state index contributed by atoms with van der Waals surface area (Å²) in [5.74, 6) is 0.0378. The molecule has 3 nitrogen and oxygen atoms in total. The molecule has 0 saturated heterocycles. The van der Waals surface area contributed by atoms with Crippen molar-refractivity contribution in [3.8, 4) is 0 Å². The number of benzene rings is 1. The zero-order valence-electron chi connectivity index (χ0n) is 14.7. The minimum Gasteiger partial charge on any atom is -0.350 e. The van der Waals surface area contributed by atoms with Crippen molar-refractivity contribution in [2.45, 2.75) is 73.0 Å². The van der Waals surface area contributed by atoms with Gasteiger partial charge in [0, 0.05) is 11.6 Å². The summed E-state index contributed by atoms with van der Waals surface area (Å²) < 4.78 is 0. The normalized spacial score (nSPS) is 14.7. The van der Waals surface area contributed by atoms with Crippen LogP contribution < -0.4 is 10.6 Å². The summed E-state index contributed by atoms with van der Waals surface area (Å²) in [7, 11) is 0. The number of rotatable bonds is 4. The van der Waals surface area contributed by atoms with Crippen LogP contribution in [0.4, 0.5) is 0 Å². The van der Waals surface area contributed by atoms with E-state index in [9.17, 15) is 4.79 Å². The maximum atomic E-state index is 12.2. The number of amides is 1. The van der Waals surface area contributed by atoms with Gasteiger partial charge in [0.15, 0.2) is 0 Å². The lowest BCUT2D eigenvalue weighted by molar-refractivity contribution is -0.124. The van der Waals surface area contributed by atoms with Crippen LogP contribution in [0, 0.1) is 20.8 Å². The third-order valence-electron chi connectivity index (χ3n) is 3.74. The lowest BCUT2D eigenvalue weighted by Gasteiger charge is -2.26. The molecule has 0 aliphatic rings. The van der Waals surface area contributed by atoms with E-state index in [0.717, 1.165) is 0 Å². The standard InChI is InChI=1S/C18H30N2O/c1-11-9-13(3)16(10-12(11)2)14(4)19-15(5)17(21)20-18(6,7)8/h9-10,14-15,19H,1-8H3,(H,20,21). The molecule has 0 aliphatic heterocycles. The molecule has 118 valence electrons. The van der Waals surface area contributed by atoms with E-state index in [2.05, 4.69) is 50.5 Å². The third kappa shape index (κ3) is 5.16. The molecule has 1 aromatic carbocycles. The van der Waals surface area contributed by atoms with Gasteiger partial charge in [-0.2, -0.15) is 0 Å². The van der Waals surface area contributed by atoms with Gasteiger partial charge in [-0.05, 0) is 77.6 Å². The third-order valence-corrected chi connectivity index (χ3v) is 3.74. The molecular weight excluding hydrogens is 260 g/mol. The second kappa shape index (κ2) is 6.61. The molecule has 0 radical (unpaired) electrons. The lowest BCUT2D eigenvalue weighted by atomic mass is 9.96. The molecule has 0 spiro atoms. The van der Waals surface area contributed by atoms with Crippen molar-refractivity contribution in [3.05, 3.63) is 34.4 Å². The number of nitrogens with one attached hydrogen (secondary N) is 2. The molecular formula is C18H30N2O. The van der Waals surface area contributed by atoms with Crippen LogP contribution in [0.1, 0.15) is 62.9 Å². The summed E-state index contributed by atoms with van der Waals surface area (Å²) >= 11 is 0. The predicted octanol–water partition coefficient (Wildman–Crippen LogP) is 3.57. The highest BCUT2D eigenvalue weighted by Gasteiger charge is 2.21. The molecule has 0 bridgehead atoms. The number of carbonyl (C=O) groups excluding carboxylic acids is 1. The number of hydrogen-bond acceptors (Lipinski definition) is 2. The van der Waals surface area contributed by atoms with Crippen molar-refractivity contribution in [2.75, 3.05) is 0 Å². The van der Waals surface area contributed by atoms with Crippen molar-refractivity contribution in [2.24, 2.45) is 0 Å². The van der Waals surface area contributed by atoms with Gasteiger partial charge in [-0.25, -0.2) is 0 Å². The van der Waals surface area contributed by atoms with Crippen molar-refractivity contribution < 1.29 is 4.79 Å². The molecule has 0 saturated carbocycles. The Morgan fingerprint density at radius 3 is 2.05 bits per heavy atom. The molecule has 1 aromatic rings. The van der Waals surface area contributed by atoms with Crippen LogP contribution >= 0.6 is 0 Å². The fourth-order valence-corrected chi connectivity index (χ4v) is 2.47. The smallest absolute Gasteiger partial charge is 0.237 e. The van der Waals surface area contributed by atoms with E-state index in [4.69, 9.17) is 0 Å². The zero-order valence-corrected chi connectivity index (χ0v) is 14.7. The summed E-state index contributed by atoms with van der Waals surface area (Å²) in [6.45, 7) is 16.4. The monoisotopic (exact) mass is 290 g/mol. The molecule has 0 heterocycles. The van der Waals surface area contributed by atoms with Crippen molar-refractivity contribution >= 4 is 5.91 Å². The lowest BCUT2D eigenvalue weighted by Crippen LogP contribution is -2.50. The second-order valence-electron chi connectivity index (χ2n) is 7.14. The Kier molecular flexibility index (Phi) is 5.57. The molecule has 3 heteroatoms. The fraction of sp³-hybridized carbons (Fsp3) is 0.611. The molecule has 0 aromatic heterocycles. The van der Waals surface area contributed by atoms with Crippen LogP contribution in [0.5, 0.6) is 0 Å². The number of carbonyl (C=O) groups is 1. The molecule has 0 aliphatic carbocycles. The highest BCUT2D eigenvalue weighted by atomic mass is 16.2. The molecule has 2 atom stereocenters. The van der Waals surface area contributed by atoms with E-state index < -0.39 is 0 Å². The minimum atomic E-state index is -0.222. The van der Waals surface area contributed by atoms with Gasteiger partial charge >= 0.3 is 0 Å². The number of aryl methyl sites for hydroxylation is 3. The first-order valence-corrected chi connectivity index (χ1v) is 7.67. The van der Waals surface area contributed by atoms with Gasteiger partial charge in [-0.15, -0.1) is 0 Å². The topological polar surface area (TPSA) is 41.1 Å². The Morgan fingerprint density at radius 1 is 1.00 bits per heavy atom. The molecule has 1 amide bonds. The van der Waals surface area contributed by atoms with Crippen LogP contribution in [0.25, 0.3) is 0 Å². The highest BCUT2D eigenvalue weighted by Crippen LogP contribution is 2.22. The van der Waals surface area contributed by atoms with Crippen LogP contribution in [-0.4, -0.2) is 17.5 Å². The molecule has 21 heavy (non-hydrogen) atoms. The van der Waals surface area contributed by atoms with Crippen molar-refractivity contribution in [1.82, 2.24) is 10.6 Å². The Hall–Kier alpha value is -1.35. The van der Waals surface area contributed by atoms with E-state index >= 15 is 0 Å². The summed E-state index contributed by atoms with van der Waals surface area (Å²) in [4.78, 5) is 12.2. The maximum absolute atomic E-state index is 12.2. The van der Waals surface area contributed by atoms with Crippen LogP contribution in [0.15, 0.2) is 12.1 Å². The number of hydrogen-bond donors (Lipinski definition) is 2. The first kappa shape index (κ1) is 17.7. The summed E-state index contributed by atoms with van der Waals surface area (Å²) in [6.07, 6.45) is 0.